The monoisotopic (exact) mass is 293 g/mol. The van der Waals surface area contributed by atoms with E-state index in [-0.39, 0.29) is 0 Å². The summed E-state index contributed by atoms with van der Waals surface area (Å²) in [4.78, 5) is 3.68. The van der Waals surface area contributed by atoms with Crippen LogP contribution in [0.15, 0.2) is 60.7 Å². The highest BCUT2D eigenvalue weighted by atomic mass is 14.7. The molecule has 0 radical (unpaired) electrons. The second kappa shape index (κ2) is 3.94. The second-order valence-electron chi connectivity index (χ2n) is 6.57. The van der Waals surface area contributed by atoms with Gasteiger partial charge in [-0.05, 0) is 51.9 Å². The summed E-state index contributed by atoms with van der Waals surface area (Å²) in [5, 5.41) is 4.13. The average Bonchev–Trinajstić information content (AvgIpc) is 2.93. The van der Waals surface area contributed by atoms with Crippen molar-refractivity contribution in [2.24, 2.45) is 0 Å². The van der Waals surface area contributed by atoms with Gasteiger partial charge in [0.2, 0.25) is 0 Å². The van der Waals surface area contributed by atoms with Crippen molar-refractivity contribution in [2.75, 3.05) is 0 Å². The summed E-state index contributed by atoms with van der Waals surface area (Å²) in [5.41, 5.74) is 9.63. The molecule has 2 aliphatic carbocycles. The summed E-state index contributed by atoms with van der Waals surface area (Å²) in [6, 6.07) is 20.1. The van der Waals surface area contributed by atoms with E-state index in [4.69, 9.17) is 0 Å². The minimum Gasteiger partial charge on any atom is -0.358 e. The first-order valence-corrected chi connectivity index (χ1v) is 8.28. The van der Waals surface area contributed by atoms with Crippen LogP contribution in [0, 0.1) is 0 Å². The maximum absolute atomic E-state index is 3.68. The van der Waals surface area contributed by atoms with Crippen molar-refractivity contribution in [2.45, 2.75) is 12.8 Å². The van der Waals surface area contributed by atoms with Crippen LogP contribution in [0.1, 0.15) is 23.2 Å². The Morgan fingerprint density at radius 2 is 1.48 bits per heavy atom. The molecule has 2 aliphatic rings. The smallest absolute Gasteiger partial charge is 0.0468 e. The lowest BCUT2D eigenvalue weighted by Crippen LogP contribution is -1.99. The highest BCUT2D eigenvalue weighted by molar-refractivity contribution is 6.17. The summed E-state index contributed by atoms with van der Waals surface area (Å²) in [7, 11) is 0. The topological polar surface area (TPSA) is 15.8 Å². The third kappa shape index (κ3) is 1.34. The summed E-state index contributed by atoms with van der Waals surface area (Å²) in [5.74, 6) is 0. The van der Waals surface area contributed by atoms with E-state index in [1.165, 1.54) is 55.2 Å². The molecule has 0 atom stereocenters. The highest BCUT2D eigenvalue weighted by Crippen LogP contribution is 2.48. The number of hydrogen-bond donors (Lipinski definition) is 1. The van der Waals surface area contributed by atoms with Gasteiger partial charge in [0.25, 0.3) is 0 Å². The maximum atomic E-state index is 3.68. The zero-order chi connectivity index (χ0) is 15.0. The van der Waals surface area contributed by atoms with Crippen molar-refractivity contribution in [3.05, 3.63) is 77.5 Å². The van der Waals surface area contributed by atoms with Crippen LogP contribution in [0.5, 0.6) is 0 Å². The molecule has 0 amide bonds. The van der Waals surface area contributed by atoms with Gasteiger partial charge in [0.1, 0.15) is 0 Å². The van der Waals surface area contributed by atoms with E-state index >= 15 is 0 Å². The standard InChI is InChI=1S/C22H15N/c1-5-13-6-2-8-15-17-10-4-12-19-22(17)21-16(14(7-1)20(13)15)9-3-11-18(21)23-19/h1-3,5-11,23H,4,12H2. The molecule has 1 nitrogen and oxygen atoms in total. The molecule has 1 N–H and O–H groups in total. The summed E-state index contributed by atoms with van der Waals surface area (Å²) < 4.78 is 0. The molecular weight excluding hydrogens is 278 g/mol. The molecule has 0 fully saturated rings. The fourth-order valence-electron chi connectivity index (χ4n) is 4.51. The van der Waals surface area contributed by atoms with Gasteiger partial charge in [-0.1, -0.05) is 54.6 Å². The van der Waals surface area contributed by atoms with Gasteiger partial charge < -0.3 is 4.98 Å². The fraction of sp³-hybridized carbons (Fsp3) is 0.0909. The molecule has 0 saturated heterocycles. The Morgan fingerprint density at radius 3 is 2.35 bits per heavy atom. The van der Waals surface area contributed by atoms with E-state index in [1.807, 2.05) is 0 Å². The number of benzene rings is 3. The number of fused-ring (bicyclic) bond motifs is 2. The number of aryl methyl sites for hydroxylation is 1. The number of rotatable bonds is 0. The van der Waals surface area contributed by atoms with E-state index in [0.717, 1.165) is 12.8 Å². The van der Waals surface area contributed by atoms with Crippen LogP contribution >= 0.6 is 0 Å². The van der Waals surface area contributed by atoms with Gasteiger partial charge in [0, 0.05) is 22.2 Å². The minimum atomic E-state index is 1.11. The van der Waals surface area contributed by atoms with Crippen LogP contribution in [0.4, 0.5) is 0 Å². The van der Waals surface area contributed by atoms with Crippen LogP contribution < -0.4 is 0 Å². The van der Waals surface area contributed by atoms with Crippen LogP contribution in [-0.4, -0.2) is 4.98 Å². The Bertz CT molecular complexity index is 1150. The Morgan fingerprint density at radius 1 is 0.739 bits per heavy atom. The van der Waals surface area contributed by atoms with Gasteiger partial charge in [-0.25, -0.2) is 0 Å². The Balaban J connectivity index is 1.97. The fourth-order valence-corrected chi connectivity index (χ4v) is 4.51. The molecule has 1 heteroatoms. The Hall–Kier alpha value is -2.80. The quantitative estimate of drug-likeness (QED) is 0.378. The van der Waals surface area contributed by atoms with Crippen LogP contribution in [0.25, 0.3) is 38.4 Å². The molecule has 0 bridgehead atoms. The van der Waals surface area contributed by atoms with Crippen molar-refractivity contribution in [1.29, 1.82) is 0 Å². The molecule has 108 valence electrons. The number of nitrogens with one attached hydrogen (secondary N) is 1. The van der Waals surface area contributed by atoms with Crippen molar-refractivity contribution < 1.29 is 0 Å². The predicted molar refractivity (Wildman–Crippen MR) is 96.6 cm³/mol. The van der Waals surface area contributed by atoms with Crippen molar-refractivity contribution in [3.63, 3.8) is 0 Å². The zero-order valence-electron chi connectivity index (χ0n) is 12.7. The maximum Gasteiger partial charge on any atom is 0.0468 e. The van der Waals surface area contributed by atoms with E-state index in [0.29, 0.717) is 0 Å². The number of allylic oxidation sites excluding steroid dienone is 1. The van der Waals surface area contributed by atoms with E-state index in [2.05, 4.69) is 65.7 Å². The molecule has 0 saturated carbocycles. The third-order valence-electron chi connectivity index (χ3n) is 5.40. The molecule has 4 aromatic rings. The Labute approximate surface area is 134 Å². The molecule has 0 spiro atoms. The summed E-state index contributed by atoms with van der Waals surface area (Å²) in [6.45, 7) is 0. The SMILES string of the molecule is C1=C2c3cccc4cccc(c34)-c3cccc4[nH]c(c2c34)CC1. The van der Waals surface area contributed by atoms with Crippen LogP contribution in [0.3, 0.4) is 0 Å². The molecule has 0 aliphatic heterocycles. The second-order valence-corrected chi connectivity index (χ2v) is 6.57. The zero-order valence-corrected chi connectivity index (χ0v) is 12.7. The lowest BCUT2D eigenvalue weighted by molar-refractivity contribution is 0.944. The first kappa shape index (κ1) is 11.7. The number of hydrogen-bond acceptors (Lipinski definition) is 0. The third-order valence-corrected chi connectivity index (χ3v) is 5.40. The van der Waals surface area contributed by atoms with Gasteiger partial charge in [0.15, 0.2) is 0 Å². The highest BCUT2D eigenvalue weighted by Gasteiger charge is 2.26. The van der Waals surface area contributed by atoms with Crippen molar-refractivity contribution >= 4 is 27.2 Å². The van der Waals surface area contributed by atoms with Crippen molar-refractivity contribution in [1.82, 2.24) is 4.98 Å². The van der Waals surface area contributed by atoms with E-state index in [9.17, 15) is 0 Å². The first-order valence-electron chi connectivity index (χ1n) is 8.28. The first-order chi connectivity index (χ1) is 11.4. The summed E-state index contributed by atoms with van der Waals surface area (Å²) >= 11 is 0. The lowest BCUT2D eigenvalue weighted by atomic mass is 9.88. The van der Waals surface area contributed by atoms with Crippen LogP contribution in [0.2, 0.25) is 0 Å². The average molecular weight is 293 g/mol. The molecule has 1 aromatic heterocycles. The summed E-state index contributed by atoms with van der Waals surface area (Å²) in [6.07, 6.45) is 4.66. The number of H-pyrrole nitrogens is 1. The van der Waals surface area contributed by atoms with Gasteiger partial charge in [-0.2, -0.15) is 0 Å². The lowest BCUT2D eigenvalue weighted by Gasteiger charge is -2.15. The van der Waals surface area contributed by atoms with E-state index < -0.39 is 0 Å². The molecular formula is C22H15N. The molecule has 3 aromatic carbocycles. The molecule has 0 unspecified atom stereocenters. The van der Waals surface area contributed by atoms with Crippen LogP contribution in [-0.2, 0) is 6.42 Å². The van der Waals surface area contributed by atoms with Crippen molar-refractivity contribution in [3.8, 4) is 11.1 Å². The van der Waals surface area contributed by atoms with Gasteiger partial charge >= 0.3 is 0 Å². The van der Waals surface area contributed by atoms with Gasteiger partial charge in [-0.3, -0.25) is 0 Å². The molecule has 1 heterocycles. The van der Waals surface area contributed by atoms with E-state index in [1.54, 1.807) is 0 Å². The van der Waals surface area contributed by atoms with Gasteiger partial charge in [0.05, 0.1) is 0 Å². The Kier molecular flexibility index (Phi) is 2.01. The van der Waals surface area contributed by atoms with Gasteiger partial charge in [-0.15, -0.1) is 0 Å². The number of aromatic nitrogens is 1. The normalized spacial score (nSPS) is 14.9. The number of aromatic amines is 1. The minimum absolute atomic E-state index is 1.11. The molecule has 6 rings (SSSR count). The predicted octanol–water partition coefficient (Wildman–Crippen LogP) is 5.68. The largest absolute Gasteiger partial charge is 0.358 e. The molecule has 23 heavy (non-hydrogen) atoms.